The minimum Gasteiger partial charge on any atom is -0.397 e. The number of benzene rings is 1. The van der Waals surface area contributed by atoms with E-state index in [1.807, 2.05) is 0 Å². The Morgan fingerprint density at radius 3 is 2.74 bits per heavy atom. The van der Waals surface area contributed by atoms with Crippen molar-refractivity contribution in [2.45, 2.75) is 17.9 Å². The number of hydrogen-bond acceptors (Lipinski definition) is 5. The first-order valence-corrected chi connectivity index (χ1v) is 7.32. The van der Waals surface area contributed by atoms with Gasteiger partial charge in [0.1, 0.15) is 6.04 Å². The van der Waals surface area contributed by atoms with Crippen LogP contribution in [0.25, 0.3) is 0 Å². The summed E-state index contributed by atoms with van der Waals surface area (Å²) < 4.78 is 22.7. The van der Waals surface area contributed by atoms with Gasteiger partial charge in [-0.05, 0) is 25.1 Å². The van der Waals surface area contributed by atoms with Crippen LogP contribution in [0.15, 0.2) is 23.1 Å². The van der Waals surface area contributed by atoms with Gasteiger partial charge in [0, 0.05) is 13.1 Å². The summed E-state index contributed by atoms with van der Waals surface area (Å²) in [5, 5.41) is 7.83. The Kier molecular flexibility index (Phi) is 3.38. The molecule has 1 heterocycles. The fraction of sp³-hybridized carbons (Fsp3) is 0.364. The number of nitrogens with two attached hydrogens (primary N) is 2. The molecule has 1 fully saturated rings. The predicted octanol–water partition coefficient (Wildman–Crippen LogP) is -0.759. The summed E-state index contributed by atoms with van der Waals surface area (Å²) in [6, 6.07) is 3.82. The third kappa shape index (κ3) is 2.64. The number of nitrogens with zero attached hydrogens (tertiary/aromatic N) is 1. The predicted molar refractivity (Wildman–Crippen MR) is 72.0 cm³/mol. The Morgan fingerprint density at radius 1 is 1.42 bits per heavy atom. The van der Waals surface area contributed by atoms with Gasteiger partial charge in [-0.25, -0.2) is 13.6 Å². The smallest absolute Gasteiger partial charge is 0.242 e. The van der Waals surface area contributed by atoms with Crippen LogP contribution in [-0.2, 0) is 14.8 Å². The van der Waals surface area contributed by atoms with Crippen LogP contribution in [0.4, 0.5) is 11.4 Å². The Balaban J connectivity index is 2.46. The fourth-order valence-corrected chi connectivity index (χ4v) is 2.59. The van der Waals surface area contributed by atoms with E-state index in [2.05, 4.69) is 5.32 Å². The molecule has 1 aliphatic rings. The molecule has 0 bridgehead atoms. The van der Waals surface area contributed by atoms with Crippen molar-refractivity contribution in [2.75, 3.05) is 23.7 Å². The van der Waals surface area contributed by atoms with Crippen molar-refractivity contribution in [1.82, 2.24) is 5.32 Å². The van der Waals surface area contributed by atoms with E-state index < -0.39 is 16.1 Å². The fourth-order valence-electron chi connectivity index (χ4n) is 2.06. The van der Waals surface area contributed by atoms with Gasteiger partial charge in [0.2, 0.25) is 15.9 Å². The van der Waals surface area contributed by atoms with Crippen LogP contribution in [0.2, 0.25) is 0 Å². The molecule has 0 aliphatic carbocycles. The summed E-state index contributed by atoms with van der Waals surface area (Å²) in [6.45, 7) is 2.78. The zero-order valence-corrected chi connectivity index (χ0v) is 11.3. The quantitative estimate of drug-likeness (QED) is 0.617. The lowest BCUT2D eigenvalue weighted by molar-refractivity contribution is -0.122. The molecule has 7 nitrogen and oxygen atoms in total. The van der Waals surface area contributed by atoms with Crippen LogP contribution in [0, 0.1) is 0 Å². The lowest BCUT2D eigenvalue weighted by Gasteiger charge is -2.35. The number of carbonyl (C=O) groups excluding carboxylic acids is 1. The summed E-state index contributed by atoms with van der Waals surface area (Å²) in [4.78, 5) is 13.4. The third-order valence-corrected chi connectivity index (χ3v) is 4.05. The number of primary sulfonamides is 1. The van der Waals surface area contributed by atoms with E-state index in [1.165, 1.54) is 18.2 Å². The number of piperazine rings is 1. The first-order chi connectivity index (χ1) is 8.80. The molecule has 5 N–H and O–H groups in total. The van der Waals surface area contributed by atoms with E-state index in [-0.39, 0.29) is 10.8 Å². The highest BCUT2D eigenvalue weighted by Crippen LogP contribution is 2.28. The van der Waals surface area contributed by atoms with Crippen molar-refractivity contribution >= 4 is 27.3 Å². The topological polar surface area (TPSA) is 119 Å². The molecule has 19 heavy (non-hydrogen) atoms. The summed E-state index contributed by atoms with van der Waals surface area (Å²) in [5.74, 6) is -0.119. The second-order valence-corrected chi connectivity index (χ2v) is 5.99. The molecule has 0 radical (unpaired) electrons. The Morgan fingerprint density at radius 2 is 2.11 bits per heavy atom. The van der Waals surface area contributed by atoms with Gasteiger partial charge in [0.15, 0.2) is 0 Å². The Bertz CT molecular complexity index is 614. The molecule has 1 saturated heterocycles. The standard InChI is InChI=1S/C11H16N4O3S/c1-7-11(16)14-4-5-15(7)10-6-8(19(13,17)18)2-3-9(10)12/h2-3,6-7H,4-5,12H2,1H3,(H,14,16)(H2,13,17,18). The lowest BCUT2D eigenvalue weighted by atomic mass is 10.1. The summed E-state index contributed by atoms with van der Waals surface area (Å²) in [5.41, 5.74) is 6.78. The first kappa shape index (κ1) is 13.6. The zero-order valence-electron chi connectivity index (χ0n) is 10.5. The number of carbonyl (C=O) groups is 1. The van der Waals surface area contributed by atoms with Crippen LogP contribution in [0.3, 0.4) is 0 Å². The molecule has 2 rings (SSSR count). The minimum absolute atomic E-state index is 0.0186. The van der Waals surface area contributed by atoms with Crippen LogP contribution in [0.1, 0.15) is 6.92 Å². The van der Waals surface area contributed by atoms with Crippen LogP contribution < -0.4 is 21.1 Å². The molecule has 1 aromatic rings. The van der Waals surface area contributed by atoms with Crippen LogP contribution in [0.5, 0.6) is 0 Å². The first-order valence-electron chi connectivity index (χ1n) is 5.77. The SMILES string of the molecule is CC1C(=O)NCCN1c1cc(S(N)(=O)=O)ccc1N. The van der Waals surface area contributed by atoms with E-state index in [1.54, 1.807) is 11.8 Å². The number of nitrogens with one attached hydrogen (secondary N) is 1. The molecule has 1 atom stereocenters. The van der Waals surface area contributed by atoms with Gasteiger partial charge < -0.3 is 16.0 Å². The van der Waals surface area contributed by atoms with Gasteiger partial charge in [-0.3, -0.25) is 4.79 Å². The van der Waals surface area contributed by atoms with Crippen molar-refractivity contribution in [2.24, 2.45) is 5.14 Å². The highest BCUT2D eigenvalue weighted by Gasteiger charge is 2.27. The van der Waals surface area contributed by atoms with Gasteiger partial charge in [-0.2, -0.15) is 0 Å². The van der Waals surface area contributed by atoms with Crippen LogP contribution >= 0.6 is 0 Å². The Hall–Kier alpha value is -1.80. The number of sulfonamides is 1. The summed E-state index contributed by atoms with van der Waals surface area (Å²) >= 11 is 0. The maximum Gasteiger partial charge on any atom is 0.242 e. The second kappa shape index (κ2) is 4.71. The van der Waals surface area contributed by atoms with E-state index in [9.17, 15) is 13.2 Å². The molecule has 1 amide bonds. The van der Waals surface area contributed by atoms with E-state index in [0.29, 0.717) is 24.5 Å². The van der Waals surface area contributed by atoms with Crippen molar-refractivity contribution in [3.05, 3.63) is 18.2 Å². The summed E-state index contributed by atoms with van der Waals surface area (Å²) in [6.07, 6.45) is 0. The molecule has 0 spiro atoms. The Labute approximate surface area is 111 Å². The van der Waals surface area contributed by atoms with E-state index in [4.69, 9.17) is 10.9 Å². The number of hydrogen-bond donors (Lipinski definition) is 3. The molecular formula is C11H16N4O3S. The third-order valence-electron chi connectivity index (χ3n) is 3.14. The number of anilines is 2. The molecule has 8 heteroatoms. The normalized spacial score (nSPS) is 20.2. The van der Waals surface area contributed by atoms with Gasteiger partial charge in [-0.15, -0.1) is 0 Å². The lowest BCUT2D eigenvalue weighted by Crippen LogP contribution is -2.54. The number of nitrogen functional groups attached to an aromatic ring is 1. The van der Waals surface area contributed by atoms with Crippen LogP contribution in [-0.4, -0.2) is 33.5 Å². The monoisotopic (exact) mass is 284 g/mol. The van der Waals surface area contributed by atoms with Gasteiger partial charge in [0.25, 0.3) is 0 Å². The molecule has 1 unspecified atom stereocenters. The van der Waals surface area contributed by atoms with E-state index >= 15 is 0 Å². The van der Waals surface area contributed by atoms with Crippen molar-refractivity contribution in [3.63, 3.8) is 0 Å². The highest BCUT2D eigenvalue weighted by molar-refractivity contribution is 7.89. The largest absolute Gasteiger partial charge is 0.397 e. The maximum atomic E-state index is 11.6. The molecule has 0 saturated carbocycles. The molecule has 1 aliphatic heterocycles. The van der Waals surface area contributed by atoms with Crippen molar-refractivity contribution in [1.29, 1.82) is 0 Å². The molecular weight excluding hydrogens is 268 g/mol. The number of rotatable bonds is 2. The average Bonchev–Trinajstić information content (AvgIpc) is 2.32. The average molecular weight is 284 g/mol. The van der Waals surface area contributed by atoms with Crippen molar-refractivity contribution in [3.8, 4) is 0 Å². The minimum atomic E-state index is -3.79. The van der Waals surface area contributed by atoms with E-state index in [0.717, 1.165) is 0 Å². The highest BCUT2D eigenvalue weighted by atomic mass is 32.2. The zero-order chi connectivity index (χ0) is 14.2. The maximum absolute atomic E-state index is 11.6. The molecule has 0 aromatic heterocycles. The van der Waals surface area contributed by atoms with Gasteiger partial charge in [-0.1, -0.05) is 0 Å². The number of amides is 1. The van der Waals surface area contributed by atoms with Gasteiger partial charge in [0.05, 0.1) is 16.3 Å². The van der Waals surface area contributed by atoms with Crippen molar-refractivity contribution < 1.29 is 13.2 Å². The summed E-state index contributed by atoms with van der Waals surface area (Å²) in [7, 11) is -3.79. The van der Waals surface area contributed by atoms with Gasteiger partial charge >= 0.3 is 0 Å². The molecule has 1 aromatic carbocycles. The molecule has 104 valence electrons. The second-order valence-electron chi connectivity index (χ2n) is 4.43.